The van der Waals surface area contributed by atoms with Crippen molar-refractivity contribution in [2.75, 3.05) is 13.1 Å². The minimum Gasteiger partial charge on any atom is -0.444 e. The first-order valence-corrected chi connectivity index (χ1v) is 9.58. The van der Waals surface area contributed by atoms with E-state index in [0.717, 1.165) is 29.6 Å². The first-order valence-electron chi connectivity index (χ1n) is 9.58. The van der Waals surface area contributed by atoms with Crippen LogP contribution in [-0.2, 0) is 4.74 Å². The van der Waals surface area contributed by atoms with E-state index in [2.05, 4.69) is 15.1 Å². The molecular formula is C20H25N5O3. The molecule has 0 bridgehead atoms. The Bertz CT molecular complexity index is 1100. The van der Waals surface area contributed by atoms with E-state index >= 15 is 0 Å². The van der Waals surface area contributed by atoms with Gasteiger partial charge in [-0.3, -0.25) is 4.79 Å². The van der Waals surface area contributed by atoms with Crippen molar-refractivity contribution in [2.24, 2.45) is 0 Å². The summed E-state index contributed by atoms with van der Waals surface area (Å²) in [5.74, 6) is 0.180. The molecule has 3 aromatic rings. The Morgan fingerprint density at radius 1 is 1.25 bits per heavy atom. The normalized spacial score (nSPS) is 16.1. The lowest BCUT2D eigenvalue weighted by molar-refractivity contribution is 0.0204. The molecule has 1 amide bonds. The molecule has 28 heavy (non-hydrogen) atoms. The molecule has 8 nitrogen and oxygen atoms in total. The van der Waals surface area contributed by atoms with Crippen molar-refractivity contribution in [1.29, 1.82) is 0 Å². The second kappa shape index (κ2) is 6.61. The largest absolute Gasteiger partial charge is 0.444 e. The lowest BCUT2D eigenvalue weighted by Gasteiger charge is -2.33. The number of H-pyrrole nitrogens is 1. The number of amides is 1. The molecule has 4 rings (SSSR count). The molecule has 1 N–H and O–H groups in total. The fourth-order valence-corrected chi connectivity index (χ4v) is 3.63. The van der Waals surface area contributed by atoms with Crippen LogP contribution in [0.15, 0.2) is 23.0 Å². The van der Waals surface area contributed by atoms with Crippen molar-refractivity contribution in [3.05, 3.63) is 39.9 Å². The molecule has 1 aliphatic rings. The van der Waals surface area contributed by atoms with Gasteiger partial charge in [-0.15, -0.1) is 5.10 Å². The summed E-state index contributed by atoms with van der Waals surface area (Å²) in [5, 5.41) is 5.15. The van der Waals surface area contributed by atoms with Gasteiger partial charge < -0.3 is 14.6 Å². The Labute approximate surface area is 162 Å². The van der Waals surface area contributed by atoms with Gasteiger partial charge in [-0.2, -0.15) is 4.52 Å². The third kappa shape index (κ3) is 3.46. The van der Waals surface area contributed by atoms with Crippen LogP contribution in [0.25, 0.3) is 16.7 Å². The molecule has 0 radical (unpaired) electrons. The number of rotatable bonds is 1. The highest BCUT2D eigenvalue weighted by Gasteiger charge is 2.28. The summed E-state index contributed by atoms with van der Waals surface area (Å²) in [6, 6.07) is 5.46. The van der Waals surface area contributed by atoms with Crippen LogP contribution in [0.2, 0.25) is 0 Å². The van der Waals surface area contributed by atoms with Gasteiger partial charge in [0.2, 0.25) is 0 Å². The molecule has 3 aromatic heterocycles. The molecular weight excluding hydrogens is 358 g/mol. The Morgan fingerprint density at radius 2 is 1.96 bits per heavy atom. The molecule has 0 aromatic carbocycles. The van der Waals surface area contributed by atoms with Crippen molar-refractivity contribution < 1.29 is 9.53 Å². The lowest BCUT2D eigenvalue weighted by atomic mass is 9.93. The fourth-order valence-electron chi connectivity index (χ4n) is 3.63. The second-order valence-corrected chi connectivity index (χ2v) is 8.39. The number of carbonyl (C=O) groups excluding carboxylic acids is 1. The smallest absolute Gasteiger partial charge is 0.410 e. The zero-order valence-corrected chi connectivity index (χ0v) is 16.7. The number of likely N-dealkylation sites (tertiary alicyclic amines) is 1. The summed E-state index contributed by atoms with van der Waals surface area (Å²) in [6.45, 7) is 8.70. The number of aromatic nitrogens is 4. The SMILES string of the molecule is Cc1ccc2c(n1)nn1c(=O)cc(C3CCN(C(=O)OC(C)(C)C)CC3)[nH]c21. The summed E-state index contributed by atoms with van der Waals surface area (Å²) in [5.41, 5.74) is 2.29. The van der Waals surface area contributed by atoms with Gasteiger partial charge in [0.25, 0.3) is 5.56 Å². The number of aromatic amines is 1. The first kappa shape index (κ1) is 18.5. The van der Waals surface area contributed by atoms with Crippen molar-refractivity contribution in [3.63, 3.8) is 0 Å². The molecule has 0 spiro atoms. The van der Waals surface area contributed by atoms with Gasteiger partial charge in [0, 0.05) is 36.5 Å². The topological polar surface area (TPSA) is 92.6 Å². The molecule has 0 unspecified atom stereocenters. The van der Waals surface area contributed by atoms with Gasteiger partial charge in [-0.25, -0.2) is 9.78 Å². The average molecular weight is 383 g/mol. The Morgan fingerprint density at radius 3 is 2.64 bits per heavy atom. The zero-order valence-electron chi connectivity index (χ0n) is 16.7. The van der Waals surface area contributed by atoms with E-state index in [4.69, 9.17) is 4.74 Å². The number of hydrogen-bond donors (Lipinski definition) is 1. The first-order chi connectivity index (χ1) is 13.2. The van der Waals surface area contributed by atoms with Gasteiger partial charge in [0.05, 0.1) is 5.39 Å². The van der Waals surface area contributed by atoms with Crippen LogP contribution in [0.5, 0.6) is 0 Å². The van der Waals surface area contributed by atoms with Crippen LogP contribution in [0.1, 0.15) is 50.9 Å². The zero-order chi connectivity index (χ0) is 20.1. The van der Waals surface area contributed by atoms with E-state index in [0.29, 0.717) is 24.4 Å². The van der Waals surface area contributed by atoms with Crippen molar-refractivity contribution in [2.45, 2.75) is 52.1 Å². The van der Waals surface area contributed by atoms with E-state index in [-0.39, 0.29) is 17.6 Å². The molecule has 148 valence electrons. The van der Waals surface area contributed by atoms with E-state index in [1.165, 1.54) is 4.52 Å². The quantitative estimate of drug-likeness (QED) is 0.697. The maximum Gasteiger partial charge on any atom is 0.410 e. The molecule has 1 aliphatic heterocycles. The monoisotopic (exact) mass is 383 g/mol. The molecule has 0 aliphatic carbocycles. The highest BCUT2D eigenvalue weighted by molar-refractivity contribution is 5.89. The van der Waals surface area contributed by atoms with Crippen LogP contribution >= 0.6 is 0 Å². The molecule has 0 saturated carbocycles. The number of hydrogen-bond acceptors (Lipinski definition) is 5. The van der Waals surface area contributed by atoms with E-state index in [9.17, 15) is 9.59 Å². The summed E-state index contributed by atoms with van der Waals surface area (Å²) in [4.78, 5) is 34.4. The van der Waals surface area contributed by atoms with Crippen molar-refractivity contribution in [3.8, 4) is 0 Å². The Kier molecular flexibility index (Phi) is 4.36. The predicted molar refractivity (Wildman–Crippen MR) is 106 cm³/mol. The maximum atomic E-state index is 12.6. The average Bonchev–Trinajstić information content (AvgIpc) is 2.98. The maximum absolute atomic E-state index is 12.6. The minimum atomic E-state index is -0.500. The molecule has 8 heteroatoms. The molecule has 4 heterocycles. The Balaban J connectivity index is 1.58. The number of fused-ring (bicyclic) bond motifs is 3. The van der Waals surface area contributed by atoms with Crippen LogP contribution in [-0.4, -0.2) is 49.3 Å². The fraction of sp³-hybridized carbons (Fsp3) is 0.500. The van der Waals surface area contributed by atoms with E-state index < -0.39 is 5.60 Å². The number of nitrogens with zero attached hydrogens (tertiary/aromatic N) is 4. The highest BCUT2D eigenvalue weighted by Crippen LogP contribution is 2.28. The number of pyridine rings is 1. The van der Waals surface area contributed by atoms with Crippen molar-refractivity contribution in [1.82, 2.24) is 24.5 Å². The van der Waals surface area contributed by atoms with E-state index in [1.54, 1.807) is 11.0 Å². The van der Waals surface area contributed by atoms with Crippen LogP contribution in [0, 0.1) is 6.92 Å². The number of carbonyl (C=O) groups is 1. The summed E-state index contributed by atoms with van der Waals surface area (Å²) >= 11 is 0. The second-order valence-electron chi connectivity index (χ2n) is 8.39. The van der Waals surface area contributed by atoms with Crippen LogP contribution in [0.4, 0.5) is 4.79 Å². The lowest BCUT2D eigenvalue weighted by Crippen LogP contribution is -2.41. The van der Waals surface area contributed by atoms with Crippen LogP contribution < -0.4 is 5.56 Å². The van der Waals surface area contributed by atoms with E-state index in [1.807, 2.05) is 39.8 Å². The summed E-state index contributed by atoms with van der Waals surface area (Å²) in [6.07, 6.45) is 1.27. The number of ether oxygens (including phenoxy) is 1. The highest BCUT2D eigenvalue weighted by atomic mass is 16.6. The molecule has 0 atom stereocenters. The van der Waals surface area contributed by atoms with Crippen molar-refractivity contribution >= 4 is 22.8 Å². The van der Waals surface area contributed by atoms with Gasteiger partial charge >= 0.3 is 6.09 Å². The predicted octanol–water partition coefficient (Wildman–Crippen LogP) is 2.99. The number of nitrogens with one attached hydrogen (secondary N) is 1. The molecule has 1 fully saturated rings. The summed E-state index contributed by atoms with van der Waals surface area (Å²) in [7, 11) is 0. The van der Waals surface area contributed by atoms with Gasteiger partial charge in [-0.05, 0) is 52.7 Å². The van der Waals surface area contributed by atoms with Crippen LogP contribution in [0.3, 0.4) is 0 Å². The van der Waals surface area contributed by atoms with Gasteiger partial charge in [0.1, 0.15) is 11.2 Å². The van der Waals surface area contributed by atoms with Gasteiger partial charge in [0.15, 0.2) is 5.65 Å². The van der Waals surface area contributed by atoms with Gasteiger partial charge in [-0.1, -0.05) is 0 Å². The standard InChI is InChI=1S/C20H25N5O3/c1-12-5-6-14-17(21-12)23-25-16(26)11-15(22-18(14)25)13-7-9-24(10-8-13)19(27)28-20(2,3)4/h5-6,11,13,22H,7-10H2,1-4H3. The number of aryl methyl sites for hydroxylation is 1. The third-order valence-corrected chi connectivity index (χ3v) is 5.01. The minimum absolute atomic E-state index is 0.172. The molecule has 1 saturated heterocycles. The summed E-state index contributed by atoms with van der Waals surface area (Å²) < 4.78 is 6.82. The Hall–Kier alpha value is -2.90. The third-order valence-electron chi connectivity index (χ3n) is 5.01. The number of piperidine rings is 1.